The molecule has 0 radical (unpaired) electrons. The third-order valence-corrected chi connectivity index (χ3v) is 3.17. The predicted octanol–water partition coefficient (Wildman–Crippen LogP) is 1.10. The molecule has 18 heavy (non-hydrogen) atoms. The largest absolute Gasteiger partial charge is 0.394 e. The lowest BCUT2D eigenvalue weighted by Crippen LogP contribution is -2.54. The van der Waals surface area contributed by atoms with Gasteiger partial charge < -0.3 is 9.84 Å². The summed E-state index contributed by atoms with van der Waals surface area (Å²) in [5.74, 6) is 0. The van der Waals surface area contributed by atoms with Gasteiger partial charge in [-0.25, -0.2) is 0 Å². The lowest BCUT2D eigenvalue weighted by Gasteiger charge is -2.42. The van der Waals surface area contributed by atoms with E-state index in [1.807, 2.05) is 18.3 Å². The highest BCUT2D eigenvalue weighted by Gasteiger charge is 2.32. The summed E-state index contributed by atoms with van der Waals surface area (Å²) in [4.78, 5) is 6.68. The van der Waals surface area contributed by atoms with Gasteiger partial charge in [0, 0.05) is 37.9 Å². The van der Waals surface area contributed by atoms with Crippen molar-refractivity contribution < 1.29 is 9.84 Å². The van der Waals surface area contributed by atoms with Gasteiger partial charge in [-0.3, -0.25) is 9.88 Å². The van der Waals surface area contributed by atoms with Crippen LogP contribution in [0.15, 0.2) is 24.4 Å². The van der Waals surface area contributed by atoms with Gasteiger partial charge in [0.2, 0.25) is 0 Å². The number of aromatic nitrogens is 1. The average Bonchev–Trinajstić information content (AvgIpc) is 2.36. The number of hydrogen-bond acceptors (Lipinski definition) is 4. The molecule has 4 nitrogen and oxygen atoms in total. The summed E-state index contributed by atoms with van der Waals surface area (Å²) in [5, 5.41) is 9.26. The smallest absolute Gasteiger partial charge is 0.0940 e. The maximum Gasteiger partial charge on any atom is 0.0940 e. The first-order chi connectivity index (χ1) is 8.59. The molecule has 1 aromatic heterocycles. The van der Waals surface area contributed by atoms with E-state index in [0.29, 0.717) is 0 Å². The molecular formula is C14H22N2O2. The van der Waals surface area contributed by atoms with Crippen LogP contribution in [0.25, 0.3) is 0 Å². The summed E-state index contributed by atoms with van der Waals surface area (Å²) >= 11 is 0. The molecular weight excluding hydrogens is 228 g/mol. The molecule has 1 aliphatic heterocycles. The molecule has 1 saturated heterocycles. The zero-order chi connectivity index (χ0) is 13.0. The Morgan fingerprint density at radius 3 is 3.00 bits per heavy atom. The Bertz CT molecular complexity index is 367. The minimum absolute atomic E-state index is 0.0718. The SMILES string of the molecule is CC1(C)CN(CCc2ccccn2)CC(CO)O1. The van der Waals surface area contributed by atoms with Crippen molar-refractivity contribution in [2.75, 3.05) is 26.2 Å². The van der Waals surface area contributed by atoms with E-state index >= 15 is 0 Å². The van der Waals surface area contributed by atoms with Crippen molar-refractivity contribution in [2.45, 2.75) is 32.0 Å². The molecule has 0 aromatic carbocycles. The van der Waals surface area contributed by atoms with Crippen molar-refractivity contribution >= 4 is 0 Å². The maximum absolute atomic E-state index is 9.26. The van der Waals surface area contributed by atoms with Crippen LogP contribution < -0.4 is 0 Å². The Morgan fingerprint density at radius 2 is 2.33 bits per heavy atom. The summed E-state index contributed by atoms with van der Waals surface area (Å²) in [6.07, 6.45) is 2.70. The van der Waals surface area contributed by atoms with E-state index in [1.54, 1.807) is 0 Å². The number of nitrogens with zero attached hydrogens (tertiary/aromatic N) is 2. The lowest BCUT2D eigenvalue weighted by atomic mass is 10.0. The molecule has 4 heteroatoms. The Morgan fingerprint density at radius 1 is 1.50 bits per heavy atom. The van der Waals surface area contributed by atoms with Gasteiger partial charge in [-0.2, -0.15) is 0 Å². The highest BCUT2D eigenvalue weighted by atomic mass is 16.5. The summed E-state index contributed by atoms with van der Waals surface area (Å²) in [5.41, 5.74) is 0.929. The van der Waals surface area contributed by atoms with Crippen molar-refractivity contribution in [3.05, 3.63) is 30.1 Å². The molecule has 0 saturated carbocycles. The Kier molecular flexibility index (Phi) is 4.32. The van der Waals surface area contributed by atoms with E-state index in [9.17, 15) is 5.11 Å². The summed E-state index contributed by atoms with van der Waals surface area (Å²) in [6, 6.07) is 6.00. The van der Waals surface area contributed by atoms with Gasteiger partial charge in [0.15, 0.2) is 0 Å². The number of aliphatic hydroxyl groups is 1. The van der Waals surface area contributed by atoms with Gasteiger partial charge in [-0.1, -0.05) is 6.07 Å². The first-order valence-corrected chi connectivity index (χ1v) is 6.50. The monoisotopic (exact) mass is 250 g/mol. The van der Waals surface area contributed by atoms with Gasteiger partial charge in [0.05, 0.1) is 18.3 Å². The number of morpholine rings is 1. The molecule has 1 aliphatic rings. The second-order valence-corrected chi connectivity index (χ2v) is 5.49. The van der Waals surface area contributed by atoms with Crippen LogP contribution in [0.2, 0.25) is 0 Å². The lowest BCUT2D eigenvalue weighted by molar-refractivity contribution is -0.148. The first-order valence-electron chi connectivity index (χ1n) is 6.50. The second-order valence-electron chi connectivity index (χ2n) is 5.49. The number of rotatable bonds is 4. The molecule has 1 atom stereocenters. The zero-order valence-corrected chi connectivity index (χ0v) is 11.2. The van der Waals surface area contributed by atoms with Crippen LogP contribution in [0.1, 0.15) is 19.5 Å². The van der Waals surface area contributed by atoms with Crippen LogP contribution in [0.3, 0.4) is 0 Å². The summed E-state index contributed by atoms with van der Waals surface area (Å²) < 4.78 is 5.80. The van der Waals surface area contributed by atoms with E-state index < -0.39 is 0 Å². The topological polar surface area (TPSA) is 45.6 Å². The van der Waals surface area contributed by atoms with E-state index in [1.165, 1.54) is 0 Å². The van der Waals surface area contributed by atoms with Crippen molar-refractivity contribution in [2.24, 2.45) is 0 Å². The fourth-order valence-corrected chi connectivity index (χ4v) is 2.50. The van der Waals surface area contributed by atoms with Crippen molar-refractivity contribution in [3.8, 4) is 0 Å². The molecule has 100 valence electrons. The van der Waals surface area contributed by atoms with Crippen LogP contribution in [0.4, 0.5) is 0 Å². The molecule has 1 aromatic rings. The Hall–Kier alpha value is -0.970. The predicted molar refractivity (Wildman–Crippen MR) is 70.4 cm³/mol. The van der Waals surface area contributed by atoms with Gasteiger partial charge in [0.1, 0.15) is 0 Å². The third kappa shape index (κ3) is 3.77. The van der Waals surface area contributed by atoms with Crippen molar-refractivity contribution in [1.29, 1.82) is 0 Å². The van der Waals surface area contributed by atoms with Crippen LogP contribution in [0.5, 0.6) is 0 Å². The van der Waals surface area contributed by atoms with E-state index in [-0.39, 0.29) is 18.3 Å². The van der Waals surface area contributed by atoms with Crippen molar-refractivity contribution in [3.63, 3.8) is 0 Å². The van der Waals surface area contributed by atoms with Crippen LogP contribution in [-0.2, 0) is 11.2 Å². The average molecular weight is 250 g/mol. The fourth-order valence-electron chi connectivity index (χ4n) is 2.50. The number of ether oxygens (including phenoxy) is 1. The highest BCUT2D eigenvalue weighted by molar-refractivity contribution is 5.04. The molecule has 0 amide bonds. The van der Waals surface area contributed by atoms with Gasteiger partial charge in [-0.05, 0) is 26.0 Å². The fraction of sp³-hybridized carbons (Fsp3) is 0.643. The molecule has 2 heterocycles. The minimum Gasteiger partial charge on any atom is -0.394 e. The molecule has 1 fully saturated rings. The van der Waals surface area contributed by atoms with Gasteiger partial charge >= 0.3 is 0 Å². The molecule has 0 aliphatic carbocycles. The van der Waals surface area contributed by atoms with Crippen LogP contribution in [-0.4, -0.2) is 52.9 Å². The van der Waals surface area contributed by atoms with Crippen molar-refractivity contribution in [1.82, 2.24) is 9.88 Å². The Balaban J connectivity index is 1.89. The number of pyridine rings is 1. The summed E-state index contributed by atoms with van der Waals surface area (Å²) in [7, 11) is 0. The zero-order valence-electron chi connectivity index (χ0n) is 11.2. The normalized spacial score (nSPS) is 24.1. The van der Waals surface area contributed by atoms with Crippen LogP contribution in [0, 0.1) is 0 Å². The number of aliphatic hydroxyl groups excluding tert-OH is 1. The standard InChI is InChI=1S/C14H22N2O2/c1-14(2)11-16(9-13(10-17)18-14)8-6-12-5-3-4-7-15-12/h3-5,7,13,17H,6,8-11H2,1-2H3. The van der Waals surface area contributed by atoms with E-state index in [0.717, 1.165) is 31.7 Å². The quantitative estimate of drug-likeness (QED) is 0.869. The molecule has 2 rings (SSSR count). The maximum atomic E-state index is 9.26. The van der Waals surface area contributed by atoms with E-state index in [2.05, 4.69) is 29.8 Å². The first kappa shape index (κ1) is 13.5. The third-order valence-electron chi connectivity index (χ3n) is 3.17. The summed E-state index contributed by atoms with van der Waals surface area (Å²) in [6.45, 7) is 6.89. The Labute approximate surface area is 109 Å². The molecule has 0 bridgehead atoms. The number of hydrogen-bond donors (Lipinski definition) is 1. The molecule has 0 spiro atoms. The minimum atomic E-state index is -0.185. The van der Waals surface area contributed by atoms with Gasteiger partial charge in [0.25, 0.3) is 0 Å². The van der Waals surface area contributed by atoms with E-state index in [4.69, 9.17) is 4.74 Å². The second kappa shape index (κ2) is 5.78. The molecule has 1 unspecified atom stereocenters. The highest BCUT2D eigenvalue weighted by Crippen LogP contribution is 2.20. The molecule has 1 N–H and O–H groups in total. The van der Waals surface area contributed by atoms with Gasteiger partial charge in [-0.15, -0.1) is 0 Å². The van der Waals surface area contributed by atoms with Crippen LogP contribution >= 0.6 is 0 Å².